The van der Waals surface area contributed by atoms with E-state index >= 15 is 0 Å². The van der Waals surface area contributed by atoms with Gasteiger partial charge < -0.3 is 20.7 Å². The van der Waals surface area contributed by atoms with Gasteiger partial charge in [-0.05, 0) is 31.9 Å². The van der Waals surface area contributed by atoms with E-state index in [4.69, 9.17) is 4.74 Å². The summed E-state index contributed by atoms with van der Waals surface area (Å²) < 4.78 is 5.69. The first kappa shape index (κ1) is 20.8. The summed E-state index contributed by atoms with van der Waals surface area (Å²) in [5.41, 5.74) is 3.19. The number of rotatable bonds is 7. The van der Waals surface area contributed by atoms with Gasteiger partial charge in [0.2, 0.25) is 5.91 Å². The average Bonchev–Trinajstić information content (AvgIpc) is 3.54. The van der Waals surface area contributed by atoms with Gasteiger partial charge >= 0.3 is 0 Å². The van der Waals surface area contributed by atoms with Crippen LogP contribution in [0.25, 0.3) is 11.3 Å². The first-order chi connectivity index (χ1) is 15.0. The number of anilines is 3. The van der Waals surface area contributed by atoms with Crippen LogP contribution in [0.5, 0.6) is 5.75 Å². The van der Waals surface area contributed by atoms with Crippen molar-refractivity contribution in [1.82, 2.24) is 15.3 Å². The predicted molar refractivity (Wildman–Crippen MR) is 121 cm³/mol. The predicted octanol–water partition coefficient (Wildman–Crippen LogP) is 3.97. The highest BCUT2D eigenvalue weighted by atomic mass is 32.1. The third-order valence-corrected chi connectivity index (χ3v) is 5.73. The van der Waals surface area contributed by atoms with Crippen molar-refractivity contribution in [2.45, 2.75) is 19.8 Å². The molecule has 0 saturated heterocycles. The summed E-state index contributed by atoms with van der Waals surface area (Å²) in [6.45, 7) is 1.95. The zero-order valence-corrected chi connectivity index (χ0v) is 18.3. The second kappa shape index (κ2) is 8.73. The topological polar surface area (TPSA) is 105 Å². The molecule has 8 nitrogen and oxygen atoms in total. The molecule has 0 unspecified atom stereocenters. The Labute approximate surface area is 184 Å². The van der Waals surface area contributed by atoms with Crippen LogP contribution in [0.4, 0.5) is 17.2 Å². The van der Waals surface area contributed by atoms with E-state index < -0.39 is 0 Å². The first-order valence-corrected chi connectivity index (χ1v) is 10.8. The van der Waals surface area contributed by atoms with Gasteiger partial charge in [0.1, 0.15) is 5.82 Å². The fourth-order valence-electron chi connectivity index (χ4n) is 3.21. The molecule has 4 rings (SSSR count). The second-order valence-corrected chi connectivity index (χ2v) is 8.28. The molecule has 2 amide bonds. The molecular formula is C22H23N5O3S. The van der Waals surface area contributed by atoms with Crippen LogP contribution in [-0.4, -0.2) is 35.9 Å². The maximum atomic E-state index is 12.4. The molecule has 0 aliphatic heterocycles. The summed E-state index contributed by atoms with van der Waals surface area (Å²) in [4.78, 5) is 33.3. The van der Waals surface area contributed by atoms with Crippen molar-refractivity contribution in [3.8, 4) is 17.0 Å². The summed E-state index contributed by atoms with van der Waals surface area (Å²) in [6.07, 6.45) is 3.24. The molecule has 160 valence electrons. The van der Waals surface area contributed by atoms with Crippen LogP contribution in [0.1, 0.15) is 28.2 Å². The van der Waals surface area contributed by atoms with Crippen LogP contribution < -0.4 is 20.7 Å². The van der Waals surface area contributed by atoms with Crippen LogP contribution in [0.15, 0.2) is 35.8 Å². The number of nitrogens with one attached hydrogen (secondary N) is 3. The Morgan fingerprint density at radius 2 is 2.03 bits per heavy atom. The van der Waals surface area contributed by atoms with Gasteiger partial charge in [-0.25, -0.2) is 9.97 Å². The van der Waals surface area contributed by atoms with Gasteiger partial charge in [0.05, 0.1) is 34.7 Å². The standard InChI is InChI=1S/C22H23N5O3S/c1-12-25-18(11-31-12)14-5-4-6-16(20(14)30-3)26-17-9-19(27-21(28)13-7-8-13)24-10-15(17)22(29)23-2/h4-6,9-11,13H,7-8H2,1-3H3,(H,23,29)(H2,24,26,27,28). The number of nitrogens with zero attached hydrogens (tertiary/aromatic N) is 2. The smallest absolute Gasteiger partial charge is 0.254 e. The van der Waals surface area contributed by atoms with Gasteiger partial charge in [0.25, 0.3) is 5.91 Å². The fraction of sp³-hybridized carbons (Fsp3) is 0.273. The molecule has 3 N–H and O–H groups in total. The van der Waals surface area contributed by atoms with Crippen molar-refractivity contribution in [2.24, 2.45) is 5.92 Å². The van der Waals surface area contributed by atoms with E-state index in [1.807, 2.05) is 30.5 Å². The highest BCUT2D eigenvalue weighted by molar-refractivity contribution is 7.09. The zero-order valence-electron chi connectivity index (χ0n) is 17.5. The molecule has 1 fully saturated rings. The molecule has 0 spiro atoms. The molecule has 3 aromatic rings. The lowest BCUT2D eigenvalue weighted by Gasteiger charge is -2.17. The van der Waals surface area contributed by atoms with E-state index in [-0.39, 0.29) is 17.7 Å². The van der Waals surface area contributed by atoms with E-state index in [0.29, 0.717) is 28.5 Å². The number of carbonyl (C=O) groups is 2. The molecule has 1 saturated carbocycles. The summed E-state index contributed by atoms with van der Waals surface area (Å²) in [6, 6.07) is 7.35. The fourth-order valence-corrected chi connectivity index (χ4v) is 3.82. The Hall–Kier alpha value is -3.46. The lowest BCUT2D eigenvalue weighted by Crippen LogP contribution is -2.20. The number of aryl methyl sites for hydroxylation is 1. The van der Waals surface area contributed by atoms with E-state index in [9.17, 15) is 9.59 Å². The minimum absolute atomic E-state index is 0.0511. The molecule has 9 heteroatoms. The number of pyridine rings is 1. The van der Waals surface area contributed by atoms with Crippen LogP contribution in [-0.2, 0) is 4.79 Å². The van der Waals surface area contributed by atoms with Crippen LogP contribution >= 0.6 is 11.3 Å². The van der Waals surface area contributed by atoms with Gasteiger partial charge in [-0.1, -0.05) is 6.07 Å². The second-order valence-electron chi connectivity index (χ2n) is 7.22. The van der Waals surface area contributed by atoms with Gasteiger partial charge in [-0.2, -0.15) is 0 Å². The molecule has 2 heterocycles. The minimum atomic E-state index is -0.291. The number of aromatic nitrogens is 2. The number of carbonyl (C=O) groups excluding carboxylic acids is 2. The number of para-hydroxylation sites is 1. The van der Waals surface area contributed by atoms with Crippen molar-refractivity contribution in [1.29, 1.82) is 0 Å². The normalized spacial score (nSPS) is 12.9. The molecule has 2 aromatic heterocycles. The van der Waals surface area contributed by atoms with Crippen molar-refractivity contribution in [3.63, 3.8) is 0 Å². The van der Waals surface area contributed by atoms with Gasteiger partial charge in [-0.15, -0.1) is 11.3 Å². The number of thiazole rings is 1. The Bertz CT molecular complexity index is 1140. The lowest BCUT2D eigenvalue weighted by atomic mass is 10.1. The van der Waals surface area contributed by atoms with Crippen molar-refractivity contribution >= 4 is 40.3 Å². The first-order valence-electron chi connectivity index (χ1n) is 9.89. The molecule has 0 atom stereocenters. The Morgan fingerprint density at radius 3 is 2.68 bits per heavy atom. The van der Waals surface area contributed by atoms with Crippen LogP contribution in [0, 0.1) is 12.8 Å². The van der Waals surface area contributed by atoms with Gasteiger partial charge in [0.15, 0.2) is 5.75 Å². The quantitative estimate of drug-likeness (QED) is 0.516. The molecule has 1 aliphatic rings. The summed E-state index contributed by atoms with van der Waals surface area (Å²) in [5, 5.41) is 11.7. The number of benzene rings is 1. The van der Waals surface area contributed by atoms with Crippen molar-refractivity contribution < 1.29 is 14.3 Å². The number of ether oxygens (including phenoxy) is 1. The van der Waals surface area contributed by atoms with Crippen molar-refractivity contribution in [3.05, 3.63) is 46.4 Å². The highest BCUT2D eigenvalue weighted by Crippen LogP contribution is 2.39. The van der Waals surface area contributed by atoms with Gasteiger partial charge in [0, 0.05) is 36.2 Å². The SMILES string of the molecule is CNC(=O)c1cnc(NC(=O)C2CC2)cc1Nc1cccc(-c2csc(C)n2)c1OC. The zero-order chi connectivity index (χ0) is 22.0. The monoisotopic (exact) mass is 437 g/mol. The van der Waals surface area contributed by atoms with Gasteiger partial charge in [-0.3, -0.25) is 9.59 Å². The van der Waals surface area contributed by atoms with E-state index in [2.05, 4.69) is 25.9 Å². The summed E-state index contributed by atoms with van der Waals surface area (Å²) >= 11 is 1.56. The molecule has 31 heavy (non-hydrogen) atoms. The third-order valence-electron chi connectivity index (χ3n) is 4.96. The van der Waals surface area contributed by atoms with E-state index in [0.717, 1.165) is 29.1 Å². The average molecular weight is 438 g/mol. The lowest BCUT2D eigenvalue weighted by molar-refractivity contribution is -0.117. The van der Waals surface area contributed by atoms with Crippen LogP contribution in [0.3, 0.4) is 0 Å². The Balaban J connectivity index is 1.71. The van der Waals surface area contributed by atoms with Crippen molar-refractivity contribution in [2.75, 3.05) is 24.8 Å². The molecule has 1 aromatic carbocycles. The molecule has 0 bridgehead atoms. The number of hydrogen-bond donors (Lipinski definition) is 3. The van der Waals surface area contributed by atoms with E-state index in [1.165, 1.54) is 6.20 Å². The number of hydrogen-bond acceptors (Lipinski definition) is 7. The summed E-state index contributed by atoms with van der Waals surface area (Å²) in [7, 11) is 3.15. The number of amides is 2. The molecule has 0 radical (unpaired) electrons. The van der Waals surface area contributed by atoms with E-state index in [1.54, 1.807) is 31.6 Å². The Kier molecular flexibility index (Phi) is 5.85. The minimum Gasteiger partial charge on any atom is -0.494 e. The highest BCUT2D eigenvalue weighted by Gasteiger charge is 2.30. The molecular weight excluding hydrogens is 414 g/mol. The Morgan fingerprint density at radius 1 is 1.23 bits per heavy atom. The maximum absolute atomic E-state index is 12.4. The largest absolute Gasteiger partial charge is 0.494 e. The maximum Gasteiger partial charge on any atom is 0.254 e. The third kappa shape index (κ3) is 4.51. The van der Waals surface area contributed by atoms with Crippen LogP contribution in [0.2, 0.25) is 0 Å². The summed E-state index contributed by atoms with van der Waals surface area (Å²) in [5.74, 6) is 0.702. The molecule has 1 aliphatic carbocycles. The number of methoxy groups -OCH3 is 1.